The lowest BCUT2D eigenvalue weighted by Crippen LogP contribution is -2.59. The minimum Gasteiger partial charge on any atom is -0.452 e. The molecule has 0 aromatic carbocycles. The van der Waals surface area contributed by atoms with Gasteiger partial charge in [0.25, 0.3) is 5.91 Å². The molecule has 4 aliphatic rings. The van der Waals surface area contributed by atoms with Gasteiger partial charge in [-0.05, 0) is 71.1 Å². The van der Waals surface area contributed by atoms with Gasteiger partial charge in [0.2, 0.25) is 0 Å². The quantitative estimate of drug-likeness (QED) is 0.776. The number of hydrogen-bond acceptors (Lipinski definition) is 4. The molecule has 5 nitrogen and oxygen atoms in total. The fourth-order valence-corrected chi connectivity index (χ4v) is 5.19. The van der Waals surface area contributed by atoms with Gasteiger partial charge in [0.1, 0.15) is 0 Å². The van der Waals surface area contributed by atoms with Crippen LogP contribution in [0.3, 0.4) is 0 Å². The van der Waals surface area contributed by atoms with Crippen molar-refractivity contribution in [2.45, 2.75) is 77.0 Å². The number of carbonyl (C=O) groups is 2. The largest absolute Gasteiger partial charge is 0.452 e. The van der Waals surface area contributed by atoms with Gasteiger partial charge in [0.15, 0.2) is 6.10 Å². The van der Waals surface area contributed by atoms with Crippen LogP contribution in [0.4, 0.5) is 0 Å². The Balaban J connectivity index is 1.68. The summed E-state index contributed by atoms with van der Waals surface area (Å²) in [5.74, 6) is 0.315. The first-order valence-corrected chi connectivity index (χ1v) is 8.45. The fourth-order valence-electron chi connectivity index (χ4n) is 5.19. The van der Waals surface area contributed by atoms with E-state index in [1.807, 2.05) is 13.8 Å². The molecule has 0 unspecified atom stereocenters. The number of nitrogens with one attached hydrogen (secondary N) is 1. The molecule has 4 fully saturated rings. The lowest BCUT2D eigenvalue weighted by molar-refractivity contribution is -0.200. The SMILES string of the molecule is CC(C)NC(=O)[C@@H](C)OC(=O)C12C[C@H]3C[C@@H](CC(O)(C3)C1)C2. The zero-order valence-electron chi connectivity index (χ0n) is 13.7. The average molecular weight is 309 g/mol. The molecule has 22 heavy (non-hydrogen) atoms. The molecule has 4 rings (SSSR count). The Hall–Kier alpha value is -1.10. The monoisotopic (exact) mass is 309 g/mol. The summed E-state index contributed by atoms with van der Waals surface area (Å²) in [7, 11) is 0. The van der Waals surface area contributed by atoms with E-state index < -0.39 is 17.1 Å². The third-order valence-corrected chi connectivity index (χ3v) is 5.55. The van der Waals surface area contributed by atoms with Gasteiger partial charge in [-0.3, -0.25) is 9.59 Å². The van der Waals surface area contributed by atoms with Crippen LogP contribution in [0.5, 0.6) is 0 Å². The van der Waals surface area contributed by atoms with Gasteiger partial charge < -0.3 is 15.2 Å². The van der Waals surface area contributed by atoms with Crippen molar-refractivity contribution in [1.82, 2.24) is 5.32 Å². The van der Waals surface area contributed by atoms with Crippen molar-refractivity contribution in [2.75, 3.05) is 0 Å². The smallest absolute Gasteiger partial charge is 0.312 e. The lowest BCUT2D eigenvalue weighted by Gasteiger charge is -2.58. The first-order chi connectivity index (χ1) is 10.2. The third-order valence-electron chi connectivity index (χ3n) is 5.55. The van der Waals surface area contributed by atoms with Crippen molar-refractivity contribution in [2.24, 2.45) is 17.3 Å². The Morgan fingerprint density at radius 3 is 2.23 bits per heavy atom. The Morgan fingerprint density at radius 1 is 1.14 bits per heavy atom. The number of hydrogen-bond donors (Lipinski definition) is 2. The molecule has 0 saturated heterocycles. The predicted molar refractivity (Wildman–Crippen MR) is 80.9 cm³/mol. The van der Waals surface area contributed by atoms with Crippen molar-refractivity contribution in [3.8, 4) is 0 Å². The minimum absolute atomic E-state index is 0.0221. The molecule has 0 spiro atoms. The van der Waals surface area contributed by atoms with Crippen LogP contribution in [0.25, 0.3) is 0 Å². The summed E-state index contributed by atoms with van der Waals surface area (Å²) in [6.45, 7) is 5.37. The van der Waals surface area contributed by atoms with Gasteiger partial charge in [-0.25, -0.2) is 0 Å². The molecule has 1 amide bonds. The number of carbonyl (C=O) groups excluding carboxylic acids is 2. The highest BCUT2D eigenvalue weighted by atomic mass is 16.5. The van der Waals surface area contributed by atoms with E-state index in [1.54, 1.807) is 6.92 Å². The second kappa shape index (κ2) is 5.22. The van der Waals surface area contributed by atoms with Gasteiger partial charge in [-0.2, -0.15) is 0 Å². The lowest BCUT2D eigenvalue weighted by atomic mass is 9.48. The summed E-state index contributed by atoms with van der Waals surface area (Å²) < 4.78 is 5.48. The molecule has 124 valence electrons. The highest BCUT2D eigenvalue weighted by Crippen LogP contribution is 2.62. The topological polar surface area (TPSA) is 75.6 Å². The summed E-state index contributed by atoms with van der Waals surface area (Å²) in [5, 5.41) is 13.5. The molecule has 0 radical (unpaired) electrons. The van der Waals surface area contributed by atoms with Crippen molar-refractivity contribution >= 4 is 11.9 Å². The van der Waals surface area contributed by atoms with Gasteiger partial charge in [-0.1, -0.05) is 0 Å². The second-order valence-corrected chi connectivity index (χ2v) is 8.18. The van der Waals surface area contributed by atoms with Gasteiger partial charge in [-0.15, -0.1) is 0 Å². The number of aliphatic hydroxyl groups is 1. The Bertz CT molecular complexity index is 473. The third kappa shape index (κ3) is 2.75. The van der Waals surface area contributed by atoms with E-state index in [0.29, 0.717) is 18.3 Å². The Morgan fingerprint density at radius 2 is 1.73 bits per heavy atom. The van der Waals surface area contributed by atoms with Crippen LogP contribution in [0, 0.1) is 17.3 Å². The molecule has 0 aliphatic heterocycles. The van der Waals surface area contributed by atoms with E-state index in [0.717, 1.165) is 32.1 Å². The van der Waals surface area contributed by atoms with Crippen LogP contribution >= 0.6 is 0 Å². The first kappa shape index (κ1) is 15.8. The van der Waals surface area contributed by atoms with E-state index in [2.05, 4.69) is 5.32 Å². The van der Waals surface area contributed by atoms with Crippen LogP contribution in [-0.2, 0) is 14.3 Å². The van der Waals surface area contributed by atoms with Crippen molar-refractivity contribution < 1.29 is 19.4 Å². The predicted octanol–water partition coefficient (Wildman–Crippen LogP) is 1.77. The second-order valence-electron chi connectivity index (χ2n) is 8.18. The molecule has 3 atom stereocenters. The summed E-state index contributed by atoms with van der Waals surface area (Å²) >= 11 is 0. The summed E-state index contributed by atoms with van der Waals surface area (Å²) in [5.41, 5.74) is -1.25. The van der Waals surface area contributed by atoms with Gasteiger partial charge in [0.05, 0.1) is 11.0 Å². The standard InChI is InChI=1S/C17H27NO4/c1-10(2)18-14(19)11(3)22-15(20)16-5-12-4-13(6-16)8-17(21,7-12)9-16/h10-13,21H,4-9H2,1-3H3,(H,18,19)/t11-,12-,13-,16?,17?/m1/s1. The average Bonchev–Trinajstić information content (AvgIpc) is 2.34. The molecule has 0 aromatic heterocycles. The number of esters is 1. The molecule has 2 N–H and O–H groups in total. The highest BCUT2D eigenvalue weighted by Gasteiger charge is 2.61. The van der Waals surface area contributed by atoms with Crippen LogP contribution in [-0.4, -0.2) is 34.7 Å². The van der Waals surface area contributed by atoms with Crippen LogP contribution in [0.1, 0.15) is 59.3 Å². The molecule has 4 saturated carbocycles. The van der Waals surface area contributed by atoms with E-state index in [1.165, 1.54) is 0 Å². The molecular weight excluding hydrogens is 282 g/mol. The molecule has 0 heterocycles. The van der Waals surface area contributed by atoms with Gasteiger partial charge in [0, 0.05) is 6.04 Å². The van der Waals surface area contributed by atoms with Crippen LogP contribution in [0.15, 0.2) is 0 Å². The van der Waals surface area contributed by atoms with Crippen molar-refractivity contribution in [1.29, 1.82) is 0 Å². The highest BCUT2D eigenvalue weighted by molar-refractivity contribution is 5.85. The maximum absolute atomic E-state index is 12.7. The summed E-state index contributed by atoms with van der Waals surface area (Å²) in [6, 6.07) is 0.0221. The van der Waals surface area contributed by atoms with E-state index in [4.69, 9.17) is 4.74 Å². The fraction of sp³-hybridized carbons (Fsp3) is 0.882. The zero-order valence-corrected chi connectivity index (χ0v) is 13.7. The maximum atomic E-state index is 12.7. The molecule has 5 heteroatoms. The summed E-state index contributed by atoms with van der Waals surface area (Å²) in [6.07, 6.45) is 4.11. The van der Waals surface area contributed by atoms with Crippen molar-refractivity contribution in [3.63, 3.8) is 0 Å². The van der Waals surface area contributed by atoms with Crippen molar-refractivity contribution in [3.05, 3.63) is 0 Å². The maximum Gasteiger partial charge on any atom is 0.312 e. The summed E-state index contributed by atoms with van der Waals surface area (Å²) in [4.78, 5) is 24.7. The van der Waals surface area contributed by atoms with Crippen LogP contribution < -0.4 is 5.32 Å². The van der Waals surface area contributed by atoms with Gasteiger partial charge >= 0.3 is 5.97 Å². The Kier molecular flexibility index (Phi) is 3.75. The minimum atomic E-state index is -0.780. The number of amides is 1. The molecule has 4 aliphatic carbocycles. The Labute approximate surface area is 131 Å². The van der Waals surface area contributed by atoms with Crippen LogP contribution in [0.2, 0.25) is 0 Å². The number of ether oxygens (including phenoxy) is 1. The normalized spacial score (nSPS) is 40.6. The zero-order chi connectivity index (χ0) is 16.1. The van der Waals surface area contributed by atoms with E-state index >= 15 is 0 Å². The molecule has 0 aromatic rings. The van der Waals surface area contributed by atoms with E-state index in [-0.39, 0.29) is 17.9 Å². The van der Waals surface area contributed by atoms with E-state index in [9.17, 15) is 14.7 Å². The molecule has 4 bridgehead atoms. The first-order valence-electron chi connectivity index (χ1n) is 8.45. The molecular formula is C17H27NO4. The number of rotatable bonds is 4.